The zero-order chi connectivity index (χ0) is 14.4. The fraction of sp³-hybridized carbons (Fsp3) is 0.222. The van der Waals surface area contributed by atoms with Crippen LogP contribution >= 0.6 is 0 Å². The molecular weight excluding hydrogens is 262 g/mol. The molecule has 3 nitrogen and oxygen atoms in total. The molecule has 1 N–H and O–H groups in total. The summed E-state index contributed by atoms with van der Waals surface area (Å²) >= 11 is 0. The minimum Gasteiger partial charge on any atom is -0.506 e. The molecule has 0 saturated carbocycles. The van der Waals surface area contributed by atoms with Crippen LogP contribution in [0.3, 0.4) is 0 Å². The van der Waals surface area contributed by atoms with E-state index in [0.717, 1.165) is 25.0 Å². The lowest BCUT2D eigenvalue weighted by Crippen LogP contribution is -2.08. The number of benzene rings is 1. The minimum atomic E-state index is -0.133. The van der Waals surface area contributed by atoms with E-state index in [1.54, 1.807) is 12.1 Å². The van der Waals surface area contributed by atoms with Gasteiger partial charge in [-0.15, -0.1) is 0 Å². The van der Waals surface area contributed by atoms with Crippen molar-refractivity contribution in [2.45, 2.75) is 25.7 Å². The maximum absolute atomic E-state index is 12.5. The molecule has 0 atom stereocenters. The van der Waals surface area contributed by atoms with Gasteiger partial charge in [0.05, 0.1) is 11.3 Å². The number of aliphatic hydroxyl groups excluding tert-OH is 1. The Kier molecular flexibility index (Phi) is 2.67. The van der Waals surface area contributed by atoms with Crippen LogP contribution in [0.1, 0.15) is 45.7 Å². The molecular formula is C18H15NO2. The Bertz CT molecular complexity index is 790. The minimum absolute atomic E-state index is 0.0545. The molecule has 0 unspecified atom stereocenters. The summed E-state index contributed by atoms with van der Waals surface area (Å²) in [5, 5.41) is 10.4. The molecule has 1 aromatic heterocycles. The molecule has 0 spiro atoms. The highest BCUT2D eigenvalue weighted by Crippen LogP contribution is 2.36. The van der Waals surface area contributed by atoms with Crippen molar-refractivity contribution in [1.29, 1.82) is 0 Å². The highest BCUT2D eigenvalue weighted by atomic mass is 16.3. The molecule has 3 heteroatoms. The molecule has 21 heavy (non-hydrogen) atoms. The number of Topliss-reactive ketones (excluding diaryl/α,β-unsaturated/α-hetero) is 1. The van der Waals surface area contributed by atoms with Crippen molar-refractivity contribution in [2.24, 2.45) is 0 Å². The number of ketones is 1. The number of allylic oxidation sites excluding steroid dienone is 1. The van der Waals surface area contributed by atoms with Gasteiger partial charge in [-0.3, -0.25) is 9.78 Å². The molecule has 2 aromatic rings. The molecule has 0 radical (unpaired) electrons. The Balaban J connectivity index is 1.85. The third-order valence-corrected chi connectivity index (χ3v) is 4.32. The summed E-state index contributed by atoms with van der Waals surface area (Å²) in [5.41, 5.74) is 4.44. The van der Waals surface area contributed by atoms with Crippen molar-refractivity contribution in [2.75, 3.05) is 0 Å². The first-order chi connectivity index (χ1) is 10.3. The number of carbonyl (C=O) groups is 1. The van der Waals surface area contributed by atoms with Crippen LogP contribution in [0.4, 0.5) is 0 Å². The monoisotopic (exact) mass is 277 g/mol. The van der Waals surface area contributed by atoms with Gasteiger partial charge in [-0.05, 0) is 37.3 Å². The van der Waals surface area contributed by atoms with Crippen LogP contribution in [0.2, 0.25) is 0 Å². The van der Waals surface area contributed by atoms with Crippen LogP contribution in [0, 0.1) is 0 Å². The Labute approximate surface area is 123 Å². The molecule has 0 fully saturated rings. The summed E-state index contributed by atoms with van der Waals surface area (Å²) in [6.45, 7) is 0. The second kappa shape index (κ2) is 4.55. The number of pyridine rings is 1. The van der Waals surface area contributed by atoms with Crippen LogP contribution in [-0.2, 0) is 12.8 Å². The molecule has 2 aliphatic carbocycles. The maximum atomic E-state index is 12.5. The fourth-order valence-corrected chi connectivity index (χ4v) is 3.22. The lowest BCUT2D eigenvalue weighted by atomic mass is 9.95. The van der Waals surface area contributed by atoms with Gasteiger partial charge in [0.25, 0.3) is 0 Å². The van der Waals surface area contributed by atoms with Crippen LogP contribution < -0.4 is 0 Å². The topological polar surface area (TPSA) is 50.2 Å². The number of carbonyl (C=O) groups excluding carboxylic acids is 1. The number of aliphatic hydroxyl groups is 1. The third kappa shape index (κ3) is 1.81. The number of aryl methyl sites for hydroxylation is 2. The van der Waals surface area contributed by atoms with E-state index in [-0.39, 0.29) is 11.5 Å². The van der Waals surface area contributed by atoms with E-state index in [1.165, 1.54) is 12.0 Å². The molecule has 1 heterocycles. The first kappa shape index (κ1) is 12.3. The third-order valence-electron chi connectivity index (χ3n) is 4.32. The van der Waals surface area contributed by atoms with Crippen molar-refractivity contribution in [3.63, 3.8) is 0 Å². The van der Waals surface area contributed by atoms with Crippen LogP contribution in [0.15, 0.2) is 36.4 Å². The number of nitrogens with zero attached hydrogens (tertiary/aromatic N) is 1. The lowest BCUT2D eigenvalue weighted by molar-refractivity contribution is 0.105. The number of rotatable bonds is 1. The van der Waals surface area contributed by atoms with E-state index in [0.29, 0.717) is 22.4 Å². The summed E-state index contributed by atoms with van der Waals surface area (Å²) in [5.74, 6) is -0.0785. The molecule has 0 saturated heterocycles. The van der Waals surface area contributed by atoms with E-state index in [1.807, 2.05) is 24.3 Å². The number of hydrogen-bond donors (Lipinski definition) is 1. The summed E-state index contributed by atoms with van der Waals surface area (Å²) in [4.78, 5) is 17.2. The Hall–Kier alpha value is -2.42. The molecule has 2 aliphatic rings. The van der Waals surface area contributed by atoms with Gasteiger partial charge in [0.1, 0.15) is 5.76 Å². The SMILES string of the molecule is O=C1C(c2ccc3c(n2)CCCC3)=C(O)c2ccccc21. The van der Waals surface area contributed by atoms with E-state index in [2.05, 4.69) is 4.98 Å². The summed E-state index contributed by atoms with van der Waals surface area (Å²) in [7, 11) is 0. The molecule has 0 aliphatic heterocycles. The quantitative estimate of drug-likeness (QED) is 0.866. The van der Waals surface area contributed by atoms with Crippen molar-refractivity contribution in [1.82, 2.24) is 4.98 Å². The van der Waals surface area contributed by atoms with E-state index < -0.39 is 0 Å². The van der Waals surface area contributed by atoms with Gasteiger partial charge < -0.3 is 5.11 Å². The predicted octanol–water partition coefficient (Wildman–Crippen LogP) is 3.58. The van der Waals surface area contributed by atoms with Crippen LogP contribution in [-0.4, -0.2) is 15.9 Å². The van der Waals surface area contributed by atoms with Crippen molar-refractivity contribution in [3.8, 4) is 0 Å². The zero-order valence-electron chi connectivity index (χ0n) is 11.6. The summed E-state index contributed by atoms with van der Waals surface area (Å²) < 4.78 is 0. The Morgan fingerprint density at radius 2 is 1.71 bits per heavy atom. The number of hydrogen-bond acceptors (Lipinski definition) is 3. The van der Waals surface area contributed by atoms with Gasteiger partial charge in [-0.2, -0.15) is 0 Å². The van der Waals surface area contributed by atoms with Gasteiger partial charge in [0.15, 0.2) is 5.78 Å². The Morgan fingerprint density at radius 1 is 0.952 bits per heavy atom. The van der Waals surface area contributed by atoms with Crippen molar-refractivity contribution < 1.29 is 9.90 Å². The number of aromatic nitrogens is 1. The second-order valence-electron chi connectivity index (χ2n) is 5.61. The largest absolute Gasteiger partial charge is 0.506 e. The predicted molar refractivity (Wildman–Crippen MR) is 81.1 cm³/mol. The van der Waals surface area contributed by atoms with Gasteiger partial charge >= 0.3 is 0 Å². The molecule has 104 valence electrons. The molecule has 0 bridgehead atoms. The van der Waals surface area contributed by atoms with Gasteiger partial charge in [0, 0.05) is 16.8 Å². The summed E-state index contributed by atoms with van der Waals surface area (Å²) in [6.07, 6.45) is 4.36. The molecule has 4 rings (SSSR count). The zero-order valence-corrected chi connectivity index (χ0v) is 11.6. The fourth-order valence-electron chi connectivity index (χ4n) is 3.22. The Morgan fingerprint density at radius 3 is 2.52 bits per heavy atom. The maximum Gasteiger partial charge on any atom is 0.199 e. The summed E-state index contributed by atoms with van der Waals surface area (Å²) in [6, 6.07) is 11.1. The van der Waals surface area contributed by atoms with E-state index in [9.17, 15) is 9.90 Å². The van der Waals surface area contributed by atoms with Crippen LogP contribution in [0.5, 0.6) is 0 Å². The van der Waals surface area contributed by atoms with Gasteiger partial charge in [-0.25, -0.2) is 0 Å². The first-order valence-corrected chi connectivity index (χ1v) is 7.32. The second-order valence-corrected chi connectivity index (χ2v) is 5.61. The normalized spacial score (nSPS) is 16.9. The van der Waals surface area contributed by atoms with Crippen molar-refractivity contribution >= 4 is 17.1 Å². The average molecular weight is 277 g/mol. The number of fused-ring (bicyclic) bond motifs is 2. The van der Waals surface area contributed by atoms with E-state index in [4.69, 9.17) is 0 Å². The van der Waals surface area contributed by atoms with E-state index >= 15 is 0 Å². The van der Waals surface area contributed by atoms with Crippen molar-refractivity contribution in [3.05, 3.63) is 64.5 Å². The smallest absolute Gasteiger partial charge is 0.199 e. The highest BCUT2D eigenvalue weighted by molar-refractivity contribution is 6.38. The van der Waals surface area contributed by atoms with Gasteiger partial charge in [0.2, 0.25) is 0 Å². The lowest BCUT2D eigenvalue weighted by Gasteiger charge is -2.15. The molecule has 0 amide bonds. The standard InChI is InChI=1S/C18H15NO2/c20-17-12-6-2-3-7-13(12)18(21)16(17)15-10-9-11-5-1-4-8-14(11)19-15/h2-3,6-7,9-10,20H,1,4-5,8H2. The van der Waals surface area contributed by atoms with Crippen LogP contribution in [0.25, 0.3) is 11.3 Å². The molecule has 1 aromatic carbocycles. The first-order valence-electron chi connectivity index (χ1n) is 7.32. The van der Waals surface area contributed by atoms with Gasteiger partial charge in [-0.1, -0.05) is 30.3 Å². The highest BCUT2D eigenvalue weighted by Gasteiger charge is 2.31. The average Bonchev–Trinajstić information content (AvgIpc) is 2.79.